The fourth-order valence-electron chi connectivity index (χ4n) is 1.75. The van der Waals surface area contributed by atoms with Crippen LogP contribution < -0.4 is 4.72 Å². The number of alkyl halides is 6. The molecule has 0 amide bonds. The van der Waals surface area contributed by atoms with E-state index >= 15 is 0 Å². The van der Waals surface area contributed by atoms with Crippen LogP contribution in [0.25, 0.3) is 0 Å². The Balaban J connectivity index is 5.64. The summed E-state index contributed by atoms with van der Waals surface area (Å²) in [5.41, 5.74) is -6.99. The standard InChI is InChI=1S/C10H17F6NO2S/c1-5-6(9(11,12)13)7(8(2,3)4)17-20(18,19)10(14,15)16/h6-7,17H,5H2,1-4H3. The predicted molar refractivity (Wildman–Crippen MR) is 61.2 cm³/mol. The van der Waals surface area contributed by atoms with Gasteiger partial charge >= 0.3 is 21.7 Å². The highest BCUT2D eigenvalue weighted by molar-refractivity contribution is 7.90. The zero-order valence-corrected chi connectivity index (χ0v) is 12.2. The molecule has 0 aliphatic rings. The molecule has 2 unspecified atom stereocenters. The molecule has 0 aromatic carbocycles. The van der Waals surface area contributed by atoms with Gasteiger partial charge in [0.15, 0.2) is 0 Å². The lowest BCUT2D eigenvalue weighted by Gasteiger charge is -2.38. The molecule has 0 fully saturated rings. The quantitative estimate of drug-likeness (QED) is 0.803. The van der Waals surface area contributed by atoms with Crippen LogP contribution in [0.2, 0.25) is 0 Å². The summed E-state index contributed by atoms with van der Waals surface area (Å²) in [6.45, 7) is 4.86. The third kappa shape index (κ3) is 4.80. The van der Waals surface area contributed by atoms with Crippen molar-refractivity contribution >= 4 is 10.0 Å². The topological polar surface area (TPSA) is 46.2 Å². The Morgan fingerprint density at radius 1 is 1.00 bits per heavy atom. The minimum atomic E-state index is -5.85. The summed E-state index contributed by atoms with van der Waals surface area (Å²) >= 11 is 0. The number of rotatable bonds is 4. The van der Waals surface area contributed by atoms with Crippen molar-refractivity contribution in [3.63, 3.8) is 0 Å². The van der Waals surface area contributed by atoms with E-state index < -0.39 is 45.5 Å². The highest BCUT2D eigenvalue weighted by Crippen LogP contribution is 2.39. The monoisotopic (exact) mass is 329 g/mol. The second kappa shape index (κ2) is 5.70. The van der Waals surface area contributed by atoms with Gasteiger partial charge in [-0.25, -0.2) is 13.1 Å². The largest absolute Gasteiger partial charge is 0.511 e. The maximum atomic E-state index is 12.9. The summed E-state index contributed by atoms with van der Waals surface area (Å²) in [6.07, 6.45) is -5.34. The fourth-order valence-corrected chi connectivity index (χ4v) is 2.74. The Morgan fingerprint density at radius 3 is 1.60 bits per heavy atom. The number of nitrogens with one attached hydrogen (secondary N) is 1. The maximum absolute atomic E-state index is 12.9. The first kappa shape index (κ1) is 19.5. The third-order valence-electron chi connectivity index (χ3n) is 2.78. The Hall–Kier alpha value is -0.510. The molecule has 0 saturated carbocycles. The lowest BCUT2D eigenvalue weighted by molar-refractivity contribution is -0.189. The lowest BCUT2D eigenvalue weighted by atomic mass is 9.78. The molecule has 3 nitrogen and oxygen atoms in total. The maximum Gasteiger partial charge on any atom is 0.511 e. The van der Waals surface area contributed by atoms with Crippen LogP contribution in [0.1, 0.15) is 34.1 Å². The van der Waals surface area contributed by atoms with E-state index in [0.29, 0.717) is 0 Å². The van der Waals surface area contributed by atoms with E-state index in [1.807, 2.05) is 0 Å². The van der Waals surface area contributed by atoms with Crippen LogP contribution in [0.3, 0.4) is 0 Å². The number of halogens is 6. The average Bonchev–Trinajstić information content (AvgIpc) is 2.11. The van der Waals surface area contributed by atoms with Crippen LogP contribution in [0.15, 0.2) is 0 Å². The summed E-state index contributed by atoms with van der Waals surface area (Å²) < 4.78 is 98.8. The van der Waals surface area contributed by atoms with Crippen molar-refractivity contribution in [2.45, 2.75) is 51.8 Å². The van der Waals surface area contributed by atoms with Gasteiger partial charge in [-0.2, -0.15) is 26.3 Å². The average molecular weight is 329 g/mol. The molecule has 2 atom stereocenters. The van der Waals surface area contributed by atoms with Crippen molar-refractivity contribution in [1.82, 2.24) is 4.72 Å². The summed E-state index contributed by atoms with van der Waals surface area (Å²) in [5, 5.41) is 0. The zero-order valence-electron chi connectivity index (χ0n) is 11.4. The van der Waals surface area contributed by atoms with Crippen LogP contribution in [-0.2, 0) is 10.0 Å². The molecule has 20 heavy (non-hydrogen) atoms. The number of hydrogen-bond acceptors (Lipinski definition) is 2. The molecule has 1 N–H and O–H groups in total. The summed E-state index contributed by atoms with van der Waals surface area (Å²) in [6, 6.07) is -1.92. The Morgan fingerprint density at radius 2 is 1.40 bits per heavy atom. The van der Waals surface area contributed by atoms with Gasteiger partial charge in [-0.3, -0.25) is 0 Å². The summed E-state index contributed by atoms with van der Waals surface area (Å²) in [4.78, 5) is 0. The number of hydrogen-bond donors (Lipinski definition) is 1. The highest BCUT2D eigenvalue weighted by Gasteiger charge is 2.53. The molecule has 0 bridgehead atoms. The van der Waals surface area contributed by atoms with E-state index in [4.69, 9.17) is 0 Å². The van der Waals surface area contributed by atoms with Crippen molar-refractivity contribution in [2.75, 3.05) is 0 Å². The summed E-state index contributed by atoms with van der Waals surface area (Å²) in [5.74, 6) is -2.21. The molecule has 0 spiro atoms. The molecule has 0 aliphatic carbocycles. The number of sulfonamides is 1. The van der Waals surface area contributed by atoms with Crippen molar-refractivity contribution in [1.29, 1.82) is 0 Å². The van der Waals surface area contributed by atoms with E-state index in [-0.39, 0.29) is 0 Å². The van der Waals surface area contributed by atoms with Crippen molar-refractivity contribution < 1.29 is 34.8 Å². The van der Waals surface area contributed by atoms with Gasteiger partial charge in [-0.05, 0) is 11.8 Å². The minimum Gasteiger partial charge on any atom is -0.203 e. The highest BCUT2D eigenvalue weighted by atomic mass is 32.2. The zero-order chi connectivity index (χ0) is 16.6. The first-order valence-electron chi connectivity index (χ1n) is 5.69. The van der Waals surface area contributed by atoms with Crippen LogP contribution in [0.4, 0.5) is 26.3 Å². The third-order valence-corrected chi connectivity index (χ3v) is 3.96. The molecule has 0 aliphatic heterocycles. The molecule has 0 rings (SSSR count). The normalized spacial score (nSPS) is 17.9. The molecule has 10 heteroatoms. The Kier molecular flexibility index (Phi) is 5.56. The van der Waals surface area contributed by atoms with Gasteiger partial charge in [-0.1, -0.05) is 27.7 Å². The molecule has 0 heterocycles. The van der Waals surface area contributed by atoms with Crippen molar-refractivity contribution in [3.05, 3.63) is 0 Å². The molecule has 0 radical (unpaired) electrons. The van der Waals surface area contributed by atoms with Gasteiger partial charge < -0.3 is 0 Å². The van der Waals surface area contributed by atoms with E-state index in [9.17, 15) is 34.8 Å². The Labute approximate surface area is 113 Å². The van der Waals surface area contributed by atoms with Crippen LogP contribution in [0, 0.1) is 11.3 Å². The molecular weight excluding hydrogens is 312 g/mol. The van der Waals surface area contributed by atoms with E-state index in [2.05, 4.69) is 0 Å². The van der Waals surface area contributed by atoms with Crippen molar-refractivity contribution in [2.24, 2.45) is 11.3 Å². The minimum absolute atomic E-state index is 0.536. The van der Waals surface area contributed by atoms with Gasteiger partial charge in [0.25, 0.3) is 0 Å². The van der Waals surface area contributed by atoms with E-state index in [0.717, 1.165) is 11.6 Å². The lowest BCUT2D eigenvalue weighted by Crippen LogP contribution is -2.55. The molecule has 0 aromatic heterocycles. The molecule has 0 saturated heterocycles. The SMILES string of the molecule is CCC(C(NS(=O)(=O)C(F)(F)F)C(C)(C)C)C(F)(F)F. The summed E-state index contributed by atoms with van der Waals surface area (Å²) in [7, 11) is -5.85. The predicted octanol–water partition coefficient (Wildman–Crippen LogP) is 3.43. The molecular formula is C10H17F6NO2S. The van der Waals surface area contributed by atoms with Crippen LogP contribution in [0.5, 0.6) is 0 Å². The van der Waals surface area contributed by atoms with Gasteiger partial charge in [0, 0.05) is 6.04 Å². The van der Waals surface area contributed by atoms with Gasteiger partial charge in [-0.15, -0.1) is 0 Å². The van der Waals surface area contributed by atoms with E-state index in [1.165, 1.54) is 20.8 Å². The van der Waals surface area contributed by atoms with Crippen molar-refractivity contribution in [3.8, 4) is 0 Å². The second-order valence-electron chi connectivity index (χ2n) is 5.47. The molecule has 0 aromatic rings. The molecule has 122 valence electrons. The van der Waals surface area contributed by atoms with Gasteiger partial charge in [0.1, 0.15) is 0 Å². The fraction of sp³-hybridized carbons (Fsp3) is 1.00. The van der Waals surface area contributed by atoms with Gasteiger partial charge in [0.05, 0.1) is 5.92 Å². The first-order chi connectivity index (χ1) is 8.54. The van der Waals surface area contributed by atoms with E-state index in [1.54, 1.807) is 0 Å². The van der Waals surface area contributed by atoms with Gasteiger partial charge in [0.2, 0.25) is 0 Å². The smallest absolute Gasteiger partial charge is 0.203 e. The second-order valence-corrected chi connectivity index (χ2v) is 7.17. The van der Waals surface area contributed by atoms with Crippen LogP contribution >= 0.6 is 0 Å². The van der Waals surface area contributed by atoms with Crippen LogP contribution in [-0.4, -0.2) is 26.1 Å². The first-order valence-corrected chi connectivity index (χ1v) is 7.17. The Bertz CT molecular complexity index is 420.